The van der Waals surface area contributed by atoms with Crippen molar-refractivity contribution in [1.29, 1.82) is 0 Å². The first-order valence-electron chi connectivity index (χ1n) is 10.7. The fraction of sp³-hybridized carbons (Fsp3) is 0.231. The Bertz CT molecular complexity index is 1330. The van der Waals surface area contributed by atoms with Crippen molar-refractivity contribution in [2.45, 2.75) is 33.1 Å². The average molecular weight is 428 g/mol. The largest absolute Gasteiger partial charge is 0.454 e. The SMILES string of the molecule is Cc1ccc(NC(=O)CC(c2ccc3c(c2)OCO3)c2cnc3cccc(C)n23)cc1C. The summed E-state index contributed by atoms with van der Waals surface area (Å²) in [6.45, 7) is 6.36. The number of benzene rings is 2. The molecule has 32 heavy (non-hydrogen) atoms. The van der Waals surface area contributed by atoms with Gasteiger partial charge in [-0.25, -0.2) is 4.98 Å². The van der Waals surface area contributed by atoms with Gasteiger partial charge in [-0.3, -0.25) is 4.79 Å². The van der Waals surface area contributed by atoms with E-state index >= 15 is 0 Å². The summed E-state index contributed by atoms with van der Waals surface area (Å²) in [5, 5.41) is 3.06. The van der Waals surface area contributed by atoms with E-state index in [1.807, 2.05) is 74.6 Å². The lowest BCUT2D eigenvalue weighted by molar-refractivity contribution is -0.116. The van der Waals surface area contributed by atoms with E-state index in [9.17, 15) is 4.79 Å². The van der Waals surface area contributed by atoms with Gasteiger partial charge in [-0.1, -0.05) is 18.2 Å². The summed E-state index contributed by atoms with van der Waals surface area (Å²) in [4.78, 5) is 17.7. The normalized spacial score (nSPS) is 13.3. The zero-order chi connectivity index (χ0) is 22.2. The Morgan fingerprint density at radius 1 is 1.03 bits per heavy atom. The summed E-state index contributed by atoms with van der Waals surface area (Å²) >= 11 is 0. The van der Waals surface area contributed by atoms with Gasteiger partial charge in [0.2, 0.25) is 12.7 Å². The molecule has 1 unspecified atom stereocenters. The van der Waals surface area contributed by atoms with Gasteiger partial charge in [-0.05, 0) is 73.9 Å². The Morgan fingerprint density at radius 2 is 1.88 bits per heavy atom. The second kappa shape index (κ2) is 8.04. The molecule has 0 bridgehead atoms. The van der Waals surface area contributed by atoms with Gasteiger partial charge in [0.1, 0.15) is 5.65 Å². The van der Waals surface area contributed by atoms with Gasteiger partial charge in [-0.15, -0.1) is 0 Å². The van der Waals surface area contributed by atoms with Crippen LogP contribution in [0.4, 0.5) is 5.69 Å². The maximum Gasteiger partial charge on any atom is 0.231 e. The number of amides is 1. The van der Waals surface area contributed by atoms with Crippen LogP contribution in [0.2, 0.25) is 0 Å². The van der Waals surface area contributed by atoms with Crippen molar-refractivity contribution in [1.82, 2.24) is 9.38 Å². The molecule has 0 fully saturated rings. The van der Waals surface area contributed by atoms with Crippen LogP contribution in [0.15, 0.2) is 60.8 Å². The molecule has 0 aliphatic carbocycles. The molecular formula is C26H25N3O3. The molecule has 1 aliphatic rings. The summed E-state index contributed by atoms with van der Waals surface area (Å²) < 4.78 is 13.2. The van der Waals surface area contributed by atoms with Crippen LogP contribution in [0.25, 0.3) is 5.65 Å². The summed E-state index contributed by atoms with van der Waals surface area (Å²) in [7, 11) is 0. The Labute approximate surface area is 186 Å². The number of pyridine rings is 1. The smallest absolute Gasteiger partial charge is 0.231 e. The number of nitrogens with zero attached hydrogens (tertiary/aromatic N) is 2. The molecule has 4 aromatic rings. The number of ether oxygens (including phenoxy) is 2. The summed E-state index contributed by atoms with van der Waals surface area (Å²) in [6, 6.07) is 17.8. The van der Waals surface area contributed by atoms with Gasteiger partial charge < -0.3 is 19.2 Å². The lowest BCUT2D eigenvalue weighted by Crippen LogP contribution is -2.18. The number of hydrogen-bond acceptors (Lipinski definition) is 4. The van der Waals surface area contributed by atoms with Crippen molar-refractivity contribution in [3.63, 3.8) is 0 Å². The quantitative estimate of drug-likeness (QED) is 0.478. The standard InChI is InChI=1S/C26H25N3O3/c1-16-7-9-20(11-17(16)2)28-26(30)13-21(19-8-10-23-24(12-19)32-15-31-23)22-14-27-25-6-4-5-18(3)29(22)25/h4-12,14,21H,13,15H2,1-3H3,(H,28,30). The Morgan fingerprint density at radius 3 is 2.72 bits per heavy atom. The minimum absolute atomic E-state index is 0.0561. The van der Waals surface area contributed by atoms with Crippen molar-refractivity contribution in [2.75, 3.05) is 12.1 Å². The highest BCUT2D eigenvalue weighted by atomic mass is 16.7. The topological polar surface area (TPSA) is 64.9 Å². The number of aryl methyl sites for hydroxylation is 3. The third-order valence-corrected chi connectivity index (χ3v) is 6.09. The zero-order valence-corrected chi connectivity index (χ0v) is 18.4. The number of carbonyl (C=O) groups is 1. The first-order valence-corrected chi connectivity index (χ1v) is 10.7. The van der Waals surface area contributed by atoms with Crippen LogP contribution in [0.1, 0.15) is 40.4 Å². The van der Waals surface area contributed by atoms with Crippen molar-refractivity contribution in [3.05, 3.63) is 88.9 Å². The molecule has 1 atom stereocenters. The minimum Gasteiger partial charge on any atom is -0.454 e. The first kappa shape index (κ1) is 20.1. The van der Waals surface area contributed by atoms with E-state index in [0.29, 0.717) is 5.75 Å². The lowest BCUT2D eigenvalue weighted by Gasteiger charge is -2.19. The minimum atomic E-state index is -0.202. The van der Waals surface area contributed by atoms with Gasteiger partial charge >= 0.3 is 0 Å². The van der Waals surface area contributed by atoms with Gasteiger partial charge in [-0.2, -0.15) is 0 Å². The second-order valence-electron chi connectivity index (χ2n) is 8.26. The fourth-order valence-electron chi connectivity index (χ4n) is 4.22. The first-order chi connectivity index (χ1) is 15.5. The highest BCUT2D eigenvalue weighted by Gasteiger charge is 2.25. The second-order valence-corrected chi connectivity index (χ2v) is 8.26. The van der Waals surface area contributed by atoms with Gasteiger partial charge in [0.05, 0.1) is 5.69 Å². The number of aromatic nitrogens is 2. The summed E-state index contributed by atoms with van der Waals surface area (Å²) in [5.74, 6) is 1.17. The lowest BCUT2D eigenvalue weighted by atomic mass is 9.91. The van der Waals surface area contributed by atoms with E-state index in [1.54, 1.807) is 0 Å². The highest BCUT2D eigenvalue weighted by molar-refractivity contribution is 5.91. The molecule has 0 saturated heterocycles. The van der Waals surface area contributed by atoms with E-state index in [1.165, 1.54) is 5.56 Å². The number of carbonyl (C=O) groups excluding carboxylic acids is 1. The number of rotatable bonds is 5. The average Bonchev–Trinajstić information content (AvgIpc) is 3.42. The monoisotopic (exact) mass is 427 g/mol. The molecule has 6 heteroatoms. The Hall–Kier alpha value is -3.80. The van der Waals surface area contributed by atoms with Gasteiger partial charge in [0.15, 0.2) is 11.5 Å². The zero-order valence-electron chi connectivity index (χ0n) is 18.4. The fourth-order valence-corrected chi connectivity index (χ4v) is 4.22. The summed E-state index contributed by atoms with van der Waals surface area (Å²) in [6.07, 6.45) is 2.13. The third-order valence-electron chi connectivity index (χ3n) is 6.09. The molecule has 2 aromatic carbocycles. The number of imidazole rings is 1. The van der Waals surface area contributed by atoms with Crippen LogP contribution in [-0.2, 0) is 4.79 Å². The number of nitrogens with one attached hydrogen (secondary N) is 1. The molecular weight excluding hydrogens is 402 g/mol. The molecule has 2 aromatic heterocycles. The van der Waals surface area contributed by atoms with Crippen LogP contribution in [0.3, 0.4) is 0 Å². The number of anilines is 1. The molecule has 5 rings (SSSR count). The predicted molar refractivity (Wildman–Crippen MR) is 123 cm³/mol. The van der Waals surface area contributed by atoms with Gasteiger partial charge in [0.25, 0.3) is 0 Å². The van der Waals surface area contributed by atoms with Gasteiger partial charge in [0, 0.05) is 29.9 Å². The van der Waals surface area contributed by atoms with E-state index < -0.39 is 0 Å². The molecule has 0 radical (unpaired) electrons. The van der Waals surface area contributed by atoms with Crippen LogP contribution >= 0.6 is 0 Å². The van der Waals surface area contributed by atoms with E-state index in [4.69, 9.17) is 9.47 Å². The maximum atomic E-state index is 13.1. The van der Waals surface area contributed by atoms with Crippen molar-refractivity contribution in [2.24, 2.45) is 0 Å². The Kier molecular flexibility index (Phi) is 5.05. The maximum absolute atomic E-state index is 13.1. The van der Waals surface area contributed by atoms with E-state index in [-0.39, 0.29) is 25.0 Å². The Balaban J connectivity index is 1.52. The summed E-state index contributed by atoms with van der Waals surface area (Å²) in [5.41, 5.74) is 7.02. The molecule has 6 nitrogen and oxygen atoms in total. The molecule has 1 aliphatic heterocycles. The predicted octanol–water partition coefficient (Wildman–Crippen LogP) is 5.15. The van der Waals surface area contributed by atoms with Crippen molar-refractivity contribution >= 4 is 17.2 Å². The van der Waals surface area contributed by atoms with Crippen LogP contribution < -0.4 is 14.8 Å². The van der Waals surface area contributed by atoms with Crippen LogP contribution in [0.5, 0.6) is 11.5 Å². The molecule has 162 valence electrons. The highest BCUT2D eigenvalue weighted by Crippen LogP contribution is 2.38. The van der Waals surface area contributed by atoms with E-state index in [0.717, 1.165) is 39.6 Å². The number of hydrogen-bond donors (Lipinski definition) is 1. The van der Waals surface area contributed by atoms with Crippen molar-refractivity contribution < 1.29 is 14.3 Å². The molecule has 0 saturated carbocycles. The van der Waals surface area contributed by atoms with E-state index in [2.05, 4.69) is 21.6 Å². The van der Waals surface area contributed by atoms with Crippen LogP contribution in [-0.4, -0.2) is 22.1 Å². The molecule has 0 spiro atoms. The third kappa shape index (κ3) is 3.68. The number of fused-ring (bicyclic) bond motifs is 2. The van der Waals surface area contributed by atoms with Crippen molar-refractivity contribution in [3.8, 4) is 11.5 Å². The molecule has 3 heterocycles. The molecule has 1 N–H and O–H groups in total. The molecule has 1 amide bonds. The van der Waals surface area contributed by atoms with Crippen LogP contribution in [0, 0.1) is 20.8 Å².